The molecule has 0 aliphatic carbocycles. The Kier molecular flexibility index (Phi) is 5.84. The Balaban J connectivity index is 1.54. The van der Waals surface area contributed by atoms with E-state index in [1.165, 1.54) is 0 Å². The molecule has 4 aromatic rings. The number of nitrogens with zero attached hydrogens (tertiary/aromatic N) is 4. The molecular formula is C25H24ClIN4O2. The molecule has 0 saturated carbocycles. The van der Waals surface area contributed by atoms with E-state index in [9.17, 15) is 5.11 Å². The van der Waals surface area contributed by atoms with Crippen molar-refractivity contribution in [3.8, 4) is 28.3 Å². The average Bonchev–Trinajstić information content (AvgIpc) is 3.07. The van der Waals surface area contributed by atoms with Gasteiger partial charge in [-0.15, -0.1) is 0 Å². The molecule has 0 spiro atoms. The number of hydrogen-bond donors (Lipinski definition) is 1. The van der Waals surface area contributed by atoms with Gasteiger partial charge < -0.3 is 9.84 Å². The van der Waals surface area contributed by atoms with Gasteiger partial charge in [0.2, 0.25) is 5.88 Å². The van der Waals surface area contributed by atoms with Gasteiger partial charge >= 0.3 is 0 Å². The maximum absolute atomic E-state index is 10.0. The van der Waals surface area contributed by atoms with Crippen molar-refractivity contribution in [3.63, 3.8) is 0 Å². The molecule has 0 atom stereocenters. The summed E-state index contributed by atoms with van der Waals surface area (Å²) in [5.41, 5.74) is 5.00. The third-order valence-electron chi connectivity index (χ3n) is 6.04. The van der Waals surface area contributed by atoms with Gasteiger partial charge in [-0.25, -0.2) is 4.98 Å². The number of pyridine rings is 1. The van der Waals surface area contributed by atoms with Crippen molar-refractivity contribution >= 4 is 45.1 Å². The van der Waals surface area contributed by atoms with E-state index in [1.807, 2.05) is 55.1 Å². The second kappa shape index (κ2) is 8.54. The largest absolute Gasteiger partial charge is 0.481 e. The van der Waals surface area contributed by atoms with E-state index < -0.39 is 5.60 Å². The Morgan fingerprint density at radius 2 is 1.79 bits per heavy atom. The molecule has 0 bridgehead atoms. The van der Waals surface area contributed by atoms with Crippen LogP contribution >= 0.6 is 34.2 Å². The molecule has 6 nitrogen and oxygen atoms in total. The average molecular weight is 575 g/mol. The van der Waals surface area contributed by atoms with Crippen molar-refractivity contribution in [3.05, 3.63) is 62.8 Å². The Morgan fingerprint density at radius 1 is 1.09 bits per heavy atom. The number of aromatic nitrogens is 3. The summed E-state index contributed by atoms with van der Waals surface area (Å²) in [6.07, 6.45) is 0. The molecule has 2 aromatic carbocycles. The zero-order valence-corrected chi connectivity index (χ0v) is 21.6. The molecular weight excluding hydrogens is 551 g/mol. The number of rotatable bonds is 5. The number of methoxy groups -OCH3 is 1. The minimum absolute atomic E-state index is 0.573. The van der Waals surface area contributed by atoms with Gasteiger partial charge in [0.1, 0.15) is 3.70 Å². The van der Waals surface area contributed by atoms with Crippen molar-refractivity contribution < 1.29 is 9.84 Å². The molecule has 8 heteroatoms. The fraction of sp³-hybridized carbons (Fsp3) is 0.280. The van der Waals surface area contributed by atoms with Gasteiger partial charge in [-0.3, -0.25) is 9.58 Å². The molecule has 1 saturated heterocycles. The number of likely N-dealkylation sites (tertiary alicyclic amines) is 1. The molecule has 1 fully saturated rings. The highest BCUT2D eigenvalue weighted by molar-refractivity contribution is 14.1. The van der Waals surface area contributed by atoms with Crippen LogP contribution < -0.4 is 4.74 Å². The summed E-state index contributed by atoms with van der Waals surface area (Å²) in [5.74, 6) is 0.573. The number of hydrogen-bond acceptors (Lipinski definition) is 5. The molecule has 0 amide bonds. The standard InChI is InChI=1S/C25H24ClIN4O2/c1-25(32)13-31(14-25)12-15-10-11-20(28-24(15)33-3)18-8-4-6-16(21(18)26)17-7-5-9-19-22(17)30(2)29-23(19)27/h4-11,32H,12-14H2,1-3H3. The number of benzene rings is 2. The normalized spacial score (nSPS) is 15.6. The zero-order valence-electron chi connectivity index (χ0n) is 18.6. The number of para-hydroxylation sites is 1. The maximum atomic E-state index is 10.0. The first kappa shape index (κ1) is 22.6. The molecule has 170 valence electrons. The van der Waals surface area contributed by atoms with E-state index in [-0.39, 0.29) is 0 Å². The van der Waals surface area contributed by atoms with Gasteiger partial charge in [0, 0.05) is 54.3 Å². The zero-order chi connectivity index (χ0) is 23.3. The van der Waals surface area contributed by atoms with E-state index in [4.69, 9.17) is 21.3 Å². The number of fused-ring (bicyclic) bond motifs is 1. The first-order valence-corrected chi connectivity index (χ1v) is 12.1. The topological polar surface area (TPSA) is 63.4 Å². The van der Waals surface area contributed by atoms with E-state index in [0.717, 1.165) is 42.6 Å². The lowest BCUT2D eigenvalue weighted by molar-refractivity contribution is -0.0873. The monoisotopic (exact) mass is 574 g/mol. The lowest BCUT2D eigenvalue weighted by Crippen LogP contribution is -2.59. The maximum Gasteiger partial charge on any atom is 0.218 e. The summed E-state index contributed by atoms with van der Waals surface area (Å²) in [6.45, 7) is 3.82. The molecule has 0 radical (unpaired) electrons. The third-order valence-corrected chi connectivity index (χ3v) is 7.24. The van der Waals surface area contributed by atoms with Crippen LogP contribution in [0, 0.1) is 3.70 Å². The Bertz CT molecular complexity index is 1360. The fourth-order valence-corrected chi connectivity index (χ4v) is 5.72. The summed E-state index contributed by atoms with van der Waals surface area (Å²) >= 11 is 9.23. The highest BCUT2D eigenvalue weighted by atomic mass is 127. The number of aliphatic hydroxyl groups is 1. The lowest BCUT2D eigenvalue weighted by atomic mass is 9.96. The minimum Gasteiger partial charge on any atom is -0.481 e. The van der Waals surface area contributed by atoms with Crippen LogP contribution in [0.25, 0.3) is 33.3 Å². The lowest BCUT2D eigenvalue weighted by Gasteiger charge is -2.44. The van der Waals surface area contributed by atoms with Gasteiger partial charge in [0.15, 0.2) is 0 Å². The van der Waals surface area contributed by atoms with Crippen LogP contribution in [0.5, 0.6) is 5.88 Å². The molecule has 2 aromatic heterocycles. The second-order valence-electron chi connectivity index (χ2n) is 8.79. The smallest absolute Gasteiger partial charge is 0.218 e. The number of ether oxygens (including phenoxy) is 1. The first-order valence-electron chi connectivity index (χ1n) is 10.7. The number of aryl methyl sites for hydroxylation is 1. The molecule has 0 unspecified atom stereocenters. The Hall–Kier alpha value is -2.20. The van der Waals surface area contributed by atoms with Gasteiger partial charge in [-0.05, 0) is 35.6 Å². The van der Waals surface area contributed by atoms with E-state index in [1.54, 1.807) is 7.11 Å². The highest BCUT2D eigenvalue weighted by Crippen LogP contribution is 2.40. The van der Waals surface area contributed by atoms with Gasteiger partial charge in [0.25, 0.3) is 0 Å². The van der Waals surface area contributed by atoms with Crippen molar-refractivity contribution in [1.82, 2.24) is 19.7 Å². The molecule has 33 heavy (non-hydrogen) atoms. The van der Waals surface area contributed by atoms with E-state index in [2.05, 4.69) is 44.7 Å². The fourth-order valence-electron chi connectivity index (χ4n) is 4.64. The van der Waals surface area contributed by atoms with Gasteiger partial charge in [-0.1, -0.05) is 54.1 Å². The van der Waals surface area contributed by atoms with E-state index >= 15 is 0 Å². The SMILES string of the molecule is COc1nc(-c2cccc(-c3cccc4c(I)nn(C)c34)c2Cl)ccc1CN1CC(C)(O)C1. The Labute approximate surface area is 211 Å². The van der Waals surface area contributed by atoms with Crippen molar-refractivity contribution in [2.75, 3.05) is 20.2 Å². The molecule has 1 aliphatic heterocycles. The van der Waals surface area contributed by atoms with Gasteiger partial charge in [-0.2, -0.15) is 5.10 Å². The predicted molar refractivity (Wildman–Crippen MR) is 140 cm³/mol. The number of halogens is 2. The predicted octanol–water partition coefficient (Wildman–Crippen LogP) is 5.14. The van der Waals surface area contributed by atoms with Crippen molar-refractivity contribution in [1.29, 1.82) is 0 Å². The molecule has 5 rings (SSSR count). The van der Waals surface area contributed by atoms with Crippen LogP contribution in [0.15, 0.2) is 48.5 Å². The second-order valence-corrected chi connectivity index (χ2v) is 10.2. The van der Waals surface area contributed by atoms with Crippen LogP contribution in [0.1, 0.15) is 12.5 Å². The van der Waals surface area contributed by atoms with Gasteiger partial charge in [0.05, 0.1) is 28.9 Å². The summed E-state index contributed by atoms with van der Waals surface area (Å²) in [6, 6.07) is 16.2. The first-order chi connectivity index (χ1) is 15.8. The van der Waals surface area contributed by atoms with Crippen molar-refractivity contribution in [2.24, 2.45) is 7.05 Å². The minimum atomic E-state index is -0.608. The van der Waals surface area contributed by atoms with Crippen LogP contribution in [0.2, 0.25) is 5.02 Å². The summed E-state index contributed by atoms with van der Waals surface area (Å²) in [5, 5.41) is 16.3. The van der Waals surface area contributed by atoms with Crippen LogP contribution in [0.4, 0.5) is 0 Å². The van der Waals surface area contributed by atoms with Crippen LogP contribution in [-0.2, 0) is 13.6 Å². The number of β-amino-alcohol motifs (C(OH)–C–C–N with tert-alkyl or cyclic N) is 1. The third kappa shape index (κ3) is 4.12. The summed E-state index contributed by atoms with van der Waals surface area (Å²) < 4.78 is 8.47. The summed E-state index contributed by atoms with van der Waals surface area (Å²) in [7, 11) is 3.58. The van der Waals surface area contributed by atoms with Crippen molar-refractivity contribution in [2.45, 2.75) is 19.1 Å². The van der Waals surface area contributed by atoms with Crippen LogP contribution in [-0.4, -0.2) is 50.6 Å². The molecule has 3 heterocycles. The highest BCUT2D eigenvalue weighted by Gasteiger charge is 2.36. The quantitative estimate of drug-likeness (QED) is 0.335. The van der Waals surface area contributed by atoms with Crippen LogP contribution in [0.3, 0.4) is 0 Å². The molecule has 1 N–H and O–H groups in total. The molecule has 1 aliphatic rings. The van der Waals surface area contributed by atoms with E-state index in [0.29, 0.717) is 30.5 Å². The summed E-state index contributed by atoms with van der Waals surface area (Å²) in [4.78, 5) is 6.94. The Morgan fingerprint density at radius 3 is 2.52 bits per heavy atom.